The summed E-state index contributed by atoms with van der Waals surface area (Å²) in [5.74, 6) is -1.75. The van der Waals surface area contributed by atoms with Gasteiger partial charge >= 0.3 is 18.0 Å². The average molecular weight is 298 g/mol. The number of aryl methyl sites for hydroxylation is 1. The minimum absolute atomic E-state index is 0.0426. The molecule has 2 amide bonds. The van der Waals surface area contributed by atoms with Crippen LogP contribution in [0.1, 0.15) is 18.5 Å². The van der Waals surface area contributed by atoms with Crippen LogP contribution in [-0.4, -0.2) is 46.0 Å². The van der Waals surface area contributed by atoms with Crippen molar-refractivity contribution in [1.29, 1.82) is 0 Å². The van der Waals surface area contributed by atoms with Gasteiger partial charge in [0.1, 0.15) is 6.04 Å². The van der Waals surface area contributed by atoms with E-state index in [1.165, 1.54) is 7.11 Å². The van der Waals surface area contributed by atoms with Gasteiger partial charge in [0.05, 0.1) is 19.3 Å². The van der Waals surface area contributed by atoms with Gasteiger partial charge in [-0.2, -0.15) is 5.10 Å². The number of methoxy groups -OCH3 is 1. The molecule has 116 valence electrons. The van der Waals surface area contributed by atoms with Crippen molar-refractivity contribution in [2.45, 2.75) is 25.4 Å². The summed E-state index contributed by atoms with van der Waals surface area (Å²) < 4.78 is 6.01. The fourth-order valence-corrected chi connectivity index (χ4v) is 1.56. The maximum Gasteiger partial charge on any atom is 0.326 e. The van der Waals surface area contributed by atoms with Crippen LogP contribution < -0.4 is 10.6 Å². The first-order valence-corrected chi connectivity index (χ1v) is 6.25. The van der Waals surface area contributed by atoms with Crippen LogP contribution in [0, 0.1) is 0 Å². The van der Waals surface area contributed by atoms with Gasteiger partial charge in [0, 0.05) is 19.7 Å². The number of nitrogens with zero attached hydrogens (tertiary/aromatic N) is 2. The lowest BCUT2D eigenvalue weighted by Crippen LogP contribution is -2.46. The maximum absolute atomic E-state index is 11.6. The van der Waals surface area contributed by atoms with Crippen LogP contribution in [0.3, 0.4) is 0 Å². The highest BCUT2D eigenvalue weighted by Gasteiger charge is 2.21. The smallest absolute Gasteiger partial charge is 0.326 e. The Morgan fingerprint density at radius 3 is 2.71 bits per heavy atom. The Bertz CT molecular complexity index is 514. The van der Waals surface area contributed by atoms with Crippen molar-refractivity contribution in [1.82, 2.24) is 20.4 Å². The SMILES string of the molecule is COC(=O)CC[C@H](NC(=O)NCc1ccn(C)n1)C(=O)O. The number of urea groups is 1. The highest BCUT2D eigenvalue weighted by molar-refractivity contribution is 5.83. The van der Waals surface area contributed by atoms with Crippen LogP contribution in [-0.2, 0) is 27.9 Å². The van der Waals surface area contributed by atoms with E-state index in [-0.39, 0.29) is 19.4 Å². The molecule has 0 aliphatic heterocycles. The summed E-state index contributed by atoms with van der Waals surface area (Å²) in [6, 6.07) is -0.0718. The van der Waals surface area contributed by atoms with Gasteiger partial charge in [-0.1, -0.05) is 0 Å². The molecule has 1 aromatic rings. The Morgan fingerprint density at radius 1 is 1.48 bits per heavy atom. The highest BCUT2D eigenvalue weighted by Crippen LogP contribution is 2.00. The number of amides is 2. The van der Waals surface area contributed by atoms with E-state index in [0.29, 0.717) is 5.69 Å². The number of aliphatic carboxylic acids is 1. The van der Waals surface area contributed by atoms with E-state index >= 15 is 0 Å². The fraction of sp³-hybridized carbons (Fsp3) is 0.500. The predicted octanol–water partition coefficient (Wildman–Crippen LogP) is -0.374. The van der Waals surface area contributed by atoms with Crippen molar-refractivity contribution in [2.75, 3.05) is 7.11 Å². The second-order valence-electron chi connectivity index (χ2n) is 4.31. The molecule has 0 saturated heterocycles. The van der Waals surface area contributed by atoms with E-state index in [1.54, 1.807) is 24.0 Å². The van der Waals surface area contributed by atoms with Crippen LogP contribution in [0.2, 0.25) is 0 Å². The predicted molar refractivity (Wildman–Crippen MR) is 71.3 cm³/mol. The Morgan fingerprint density at radius 2 is 2.19 bits per heavy atom. The molecule has 1 heterocycles. The van der Waals surface area contributed by atoms with E-state index in [9.17, 15) is 14.4 Å². The summed E-state index contributed by atoms with van der Waals surface area (Å²) in [5.41, 5.74) is 0.647. The maximum atomic E-state index is 11.6. The number of carbonyl (C=O) groups is 3. The zero-order valence-corrected chi connectivity index (χ0v) is 11.8. The third-order valence-electron chi connectivity index (χ3n) is 2.67. The number of carboxylic acid groups (broad SMARTS) is 1. The van der Waals surface area contributed by atoms with Gasteiger partial charge in [-0.25, -0.2) is 9.59 Å². The van der Waals surface area contributed by atoms with Crippen molar-refractivity contribution in [2.24, 2.45) is 7.05 Å². The Kier molecular flexibility index (Phi) is 6.18. The molecular formula is C12H18N4O5. The van der Waals surface area contributed by atoms with Gasteiger partial charge in [-0.05, 0) is 12.5 Å². The summed E-state index contributed by atoms with van der Waals surface area (Å²) in [4.78, 5) is 33.6. The molecule has 9 nitrogen and oxygen atoms in total. The monoisotopic (exact) mass is 298 g/mol. The molecule has 21 heavy (non-hydrogen) atoms. The molecule has 0 radical (unpaired) electrons. The first-order chi connectivity index (χ1) is 9.92. The lowest BCUT2D eigenvalue weighted by Gasteiger charge is -2.14. The summed E-state index contributed by atoms with van der Waals surface area (Å²) in [6.07, 6.45) is 1.60. The number of hydrogen-bond donors (Lipinski definition) is 3. The Balaban J connectivity index is 2.41. The number of hydrogen-bond acceptors (Lipinski definition) is 5. The van der Waals surface area contributed by atoms with E-state index in [4.69, 9.17) is 5.11 Å². The molecular weight excluding hydrogens is 280 g/mol. The molecule has 0 aliphatic carbocycles. The second kappa shape index (κ2) is 7.88. The third kappa shape index (κ3) is 5.93. The zero-order chi connectivity index (χ0) is 15.8. The lowest BCUT2D eigenvalue weighted by molar-refractivity contribution is -0.142. The standard InChI is InChI=1S/C12H18N4O5/c1-16-6-5-8(15-16)7-13-12(20)14-9(11(18)19)3-4-10(17)21-2/h5-6,9H,3-4,7H2,1-2H3,(H,18,19)(H2,13,14,20)/t9-/m0/s1. The molecule has 1 aromatic heterocycles. The normalized spacial score (nSPS) is 11.5. The summed E-state index contributed by atoms with van der Waals surface area (Å²) >= 11 is 0. The van der Waals surface area contributed by atoms with Crippen molar-refractivity contribution >= 4 is 18.0 Å². The van der Waals surface area contributed by atoms with Crippen LogP contribution in [0.25, 0.3) is 0 Å². The first kappa shape index (κ1) is 16.5. The third-order valence-corrected chi connectivity index (χ3v) is 2.67. The van der Waals surface area contributed by atoms with Crippen molar-refractivity contribution in [3.63, 3.8) is 0 Å². The molecule has 0 bridgehead atoms. The van der Waals surface area contributed by atoms with E-state index in [0.717, 1.165) is 0 Å². The number of nitrogens with one attached hydrogen (secondary N) is 2. The van der Waals surface area contributed by atoms with Gasteiger partial charge < -0.3 is 20.5 Å². The summed E-state index contributed by atoms with van der Waals surface area (Å²) in [7, 11) is 2.96. The topological polar surface area (TPSA) is 123 Å². The lowest BCUT2D eigenvalue weighted by atomic mass is 10.1. The number of carbonyl (C=O) groups excluding carboxylic acids is 2. The molecule has 0 fully saturated rings. The van der Waals surface area contributed by atoms with E-state index in [1.807, 2.05) is 0 Å². The number of rotatable bonds is 7. The van der Waals surface area contributed by atoms with Crippen molar-refractivity contribution in [3.8, 4) is 0 Å². The Hall–Kier alpha value is -2.58. The molecule has 0 saturated carbocycles. The van der Waals surface area contributed by atoms with E-state index in [2.05, 4.69) is 20.5 Å². The van der Waals surface area contributed by atoms with Gasteiger partial charge in [-0.3, -0.25) is 9.48 Å². The van der Waals surface area contributed by atoms with Crippen LogP contribution >= 0.6 is 0 Å². The van der Waals surface area contributed by atoms with Gasteiger partial charge in [0.2, 0.25) is 0 Å². The molecule has 0 aliphatic rings. The highest BCUT2D eigenvalue weighted by atomic mass is 16.5. The number of aromatic nitrogens is 2. The Labute approximate surface area is 121 Å². The molecule has 0 spiro atoms. The summed E-state index contributed by atoms with van der Waals surface area (Å²) in [6.45, 7) is 0.177. The van der Waals surface area contributed by atoms with Crippen LogP contribution in [0.15, 0.2) is 12.3 Å². The second-order valence-corrected chi connectivity index (χ2v) is 4.31. The quantitative estimate of drug-likeness (QED) is 0.590. The molecule has 1 atom stereocenters. The molecule has 9 heteroatoms. The molecule has 0 aromatic carbocycles. The number of esters is 1. The van der Waals surface area contributed by atoms with Crippen LogP contribution in [0.4, 0.5) is 4.79 Å². The number of ether oxygens (including phenoxy) is 1. The van der Waals surface area contributed by atoms with Gasteiger partial charge in [0.15, 0.2) is 0 Å². The fourth-order valence-electron chi connectivity index (χ4n) is 1.56. The minimum Gasteiger partial charge on any atom is -0.480 e. The molecule has 3 N–H and O–H groups in total. The van der Waals surface area contributed by atoms with Crippen molar-refractivity contribution < 1.29 is 24.2 Å². The molecule has 0 unspecified atom stereocenters. The zero-order valence-electron chi connectivity index (χ0n) is 11.8. The number of carboxylic acids is 1. The van der Waals surface area contributed by atoms with Crippen molar-refractivity contribution in [3.05, 3.63) is 18.0 Å². The largest absolute Gasteiger partial charge is 0.480 e. The van der Waals surface area contributed by atoms with Gasteiger partial charge in [0.25, 0.3) is 0 Å². The van der Waals surface area contributed by atoms with Gasteiger partial charge in [-0.15, -0.1) is 0 Å². The van der Waals surface area contributed by atoms with E-state index < -0.39 is 24.0 Å². The summed E-state index contributed by atoms with van der Waals surface area (Å²) in [5, 5.41) is 17.8. The molecule has 1 rings (SSSR count). The van der Waals surface area contributed by atoms with Crippen LogP contribution in [0.5, 0.6) is 0 Å². The average Bonchev–Trinajstić information content (AvgIpc) is 2.86. The first-order valence-electron chi connectivity index (χ1n) is 6.25. The minimum atomic E-state index is -1.22.